The normalized spacial score (nSPS) is 20.1. The number of nitrogens with zero attached hydrogens (tertiary/aromatic N) is 3. The van der Waals surface area contributed by atoms with Gasteiger partial charge >= 0.3 is 0 Å². The third kappa shape index (κ3) is 3.87. The van der Waals surface area contributed by atoms with E-state index in [2.05, 4.69) is 14.9 Å². The number of hydrogen-bond donors (Lipinski definition) is 1. The van der Waals surface area contributed by atoms with Crippen LogP contribution in [0.15, 0.2) is 12.4 Å². The molecule has 0 spiro atoms. The summed E-state index contributed by atoms with van der Waals surface area (Å²) in [5, 5.41) is 8.74. The summed E-state index contributed by atoms with van der Waals surface area (Å²) in [5.74, 6) is 0.284. The van der Waals surface area contributed by atoms with Gasteiger partial charge in [-0.1, -0.05) is 0 Å². The molecular formula is C12H19N3O4S. The Bertz CT molecular complexity index is 549. The molecule has 1 N–H and O–H groups in total. The molecule has 1 saturated heterocycles. The molecule has 0 aromatic carbocycles. The molecule has 1 atom stereocenters. The van der Waals surface area contributed by atoms with Crippen molar-refractivity contribution < 1.29 is 18.3 Å². The molecule has 0 radical (unpaired) electrons. The summed E-state index contributed by atoms with van der Waals surface area (Å²) in [4.78, 5) is 10.3. The van der Waals surface area contributed by atoms with Crippen molar-refractivity contribution >= 4 is 15.7 Å². The quantitative estimate of drug-likeness (QED) is 0.791. The van der Waals surface area contributed by atoms with Crippen molar-refractivity contribution in [3.05, 3.63) is 18.1 Å². The van der Waals surface area contributed by atoms with E-state index >= 15 is 0 Å². The maximum Gasteiger partial charge on any atom is 0.158 e. The number of morpholine rings is 1. The molecule has 0 saturated carbocycles. The molecule has 1 aromatic rings. The van der Waals surface area contributed by atoms with E-state index in [1.807, 2.05) is 6.92 Å². The molecule has 2 rings (SSSR count). The molecule has 0 bridgehead atoms. The second-order valence-electron chi connectivity index (χ2n) is 4.80. The van der Waals surface area contributed by atoms with Crippen molar-refractivity contribution in [1.29, 1.82) is 0 Å². The van der Waals surface area contributed by atoms with Crippen LogP contribution in [0.25, 0.3) is 0 Å². The number of aliphatic hydroxyl groups excluding tert-OH is 1. The number of sulfone groups is 1. The summed E-state index contributed by atoms with van der Waals surface area (Å²) in [6, 6.07) is 1.89. The molecule has 112 valence electrons. The molecule has 1 aromatic heterocycles. The lowest BCUT2D eigenvalue weighted by molar-refractivity contribution is 0.0985. The van der Waals surface area contributed by atoms with Crippen molar-refractivity contribution in [2.24, 2.45) is 0 Å². The standard InChI is InChI=1S/C12H19N3O4S/c1-10-7-19-4-2-15(10)12-6-11(13-9-14-12)8-20(17,18)5-3-16/h6,9-10,16H,2-5,7-8H2,1H3/t10-/m0/s1. The molecule has 1 fully saturated rings. The first kappa shape index (κ1) is 15.1. The summed E-state index contributed by atoms with van der Waals surface area (Å²) >= 11 is 0. The van der Waals surface area contributed by atoms with Crippen molar-refractivity contribution in [2.45, 2.75) is 18.7 Å². The lowest BCUT2D eigenvalue weighted by atomic mass is 10.2. The number of aliphatic hydroxyl groups is 1. The van der Waals surface area contributed by atoms with E-state index < -0.39 is 9.84 Å². The van der Waals surface area contributed by atoms with Crippen molar-refractivity contribution in [3.8, 4) is 0 Å². The number of aromatic nitrogens is 2. The fourth-order valence-corrected chi connectivity index (χ4v) is 3.16. The predicted octanol–water partition coefficient (Wildman–Crippen LogP) is -0.391. The fraction of sp³-hybridized carbons (Fsp3) is 0.667. The van der Waals surface area contributed by atoms with Gasteiger partial charge in [-0.15, -0.1) is 0 Å². The topological polar surface area (TPSA) is 92.6 Å². The van der Waals surface area contributed by atoms with Crippen LogP contribution in [0.3, 0.4) is 0 Å². The van der Waals surface area contributed by atoms with E-state index in [1.165, 1.54) is 6.33 Å². The van der Waals surface area contributed by atoms with Gasteiger partial charge in [0.1, 0.15) is 12.1 Å². The van der Waals surface area contributed by atoms with Crippen LogP contribution < -0.4 is 4.90 Å². The smallest absolute Gasteiger partial charge is 0.158 e. The average molecular weight is 301 g/mol. The molecule has 1 aliphatic rings. The first-order chi connectivity index (χ1) is 9.52. The van der Waals surface area contributed by atoms with Gasteiger partial charge in [0, 0.05) is 12.6 Å². The van der Waals surface area contributed by atoms with Gasteiger partial charge in [-0.3, -0.25) is 0 Å². The van der Waals surface area contributed by atoms with Gasteiger partial charge in [0.05, 0.1) is 43.1 Å². The van der Waals surface area contributed by atoms with E-state index in [1.54, 1.807) is 6.07 Å². The third-order valence-corrected chi connectivity index (χ3v) is 4.68. The van der Waals surface area contributed by atoms with Gasteiger partial charge < -0.3 is 14.7 Å². The molecule has 1 aliphatic heterocycles. The van der Waals surface area contributed by atoms with Gasteiger partial charge in [-0.2, -0.15) is 0 Å². The first-order valence-electron chi connectivity index (χ1n) is 6.48. The molecule has 8 heteroatoms. The molecule has 0 aliphatic carbocycles. The van der Waals surface area contributed by atoms with Crippen LogP contribution in [0.4, 0.5) is 5.82 Å². The lowest BCUT2D eigenvalue weighted by Crippen LogP contribution is -2.44. The summed E-state index contributed by atoms with van der Waals surface area (Å²) in [6.45, 7) is 3.64. The number of hydrogen-bond acceptors (Lipinski definition) is 7. The summed E-state index contributed by atoms with van der Waals surface area (Å²) in [6.07, 6.45) is 1.38. The fourth-order valence-electron chi connectivity index (χ4n) is 2.13. The minimum atomic E-state index is -3.33. The highest BCUT2D eigenvalue weighted by atomic mass is 32.2. The van der Waals surface area contributed by atoms with Gasteiger partial charge in [-0.25, -0.2) is 18.4 Å². The van der Waals surface area contributed by atoms with Gasteiger partial charge in [0.15, 0.2) is 9.84 Å². The Morgan fingerprint density at radius 2 is 2.30 bits per heavy atom. The Morgan fingerprint density at radius 3 is 3.00 bits per heavy atom. The van der Waals surface area contributed by atoms with Crippen LogP contribution in [0.5, 0.6) is 0 Å². The predicted molar refractivity (Wildman–Crippen MR) is 74.2 cm³/mol. The highest BCUT2D eigenvalue weighted by molar-refractivity contribution is 7.90. The highest BCUT2D eigenvalue weighted by Crippen LogP contribution is 2.18. The molecule has 2 heterocycles. The molecule has 20 heavy (non-hydrogen) atoms. The number of rotatable bonds is 5. The number of anilines is 1. The summed E-state index contributed by atoms with van der Waals surface area (Å²) in [5.41, 5.74) is 0.446. The Hall–Kier alpha value is -1.25. The zero-order chi connectivity index (χ0) is 14.6. The van der Waals surface area contributed by atoms with E-state index in [9.17, 15) is 8.42 Å². The van der Waals surface area contributed by atoms with Gasteiger partial charge in [0.2, 0.25) is 0 Å². The van der Waals surface area contributed by atoms with E-state index in [0.29, 0.717) is 24.7 Å². The second kappa shape index (κ2) is 6.47. The van der Waals surface area contributed by atoms with E-state index in [4.69, 9.17) is 9.84 Å². The van der Waals surface area contributed by atoms with Crippen molar-refractivity contribution in [3.63, 3.8) is 0 Å². The van der Waals surface area contributed by atoms with Crippen molar-refractivity contribution in [1.82, 2.24) is 9.97 Å². The Balaban J connectivity index is 2.15. The van der Waals surface area contributed by atoms with Gasteiger partial charge in [0.25, 0.3) is 0 Å². The van der Waals surface area contributed by atoms with Gasteiger partial charge in [-0.05, 0) is 6.92 Å². The molecule has 0 amide bonds. The third-order valence-electron chi connectivity index (χ3n) is 3.14. The van der Waals surface area contributed by atoms with Crippen LogP contribution in [-0.2, 0) is 20.3 Å². The minimum absolute atomic E-state index is 0.179. The van der Waals surface area contributed by atoms with E-state index in [-0.39, 0.29) is 24.2 Å². The summed E-state index contributed by atoms with van der Waals surface area (Å²) in [7, 11) is -3.33. The number of ether oxygens (including phenoxy) is 1. The minimum Gasteiger partial charge on any atom is -0.395 e. The van der Waals surface area contributed by atoms with Crippen LogP contribution >= 0.6 is 0 Å². The lowest BCUT2D eigenvalue weighted by Gasteiger charge is -2.34. The van der Waals surface area contributed by atoms with Crippen LogP contribution in [-0.4, -0.2) is 61.7 Å². The molecular weight excluding hydrogens is 282 g/mol. The first-order valence-corrected chi connectivity index (χ1v) is 8.30. The molecule has 7 nitrogen and oxygen atoms in total. The Labute approximate surface area is 118 Å². The summed E-state index contributed by atoms with van der Waals surface area (Å²) < 4.78 is 28.8. The van der Waals surface area contributed by atoms with Crippen molar-refractivity contribution in [2.75, 3.05) is 37.0 Å². The Morgan fingerprint density at radius 1 is 1.50 bits per heavy atom. The highest BCUT2D eigenvalue weighted by Gasteiger charge is 2.21. The average Bonchev–Trinajstić information content (AvgIpc) is 2.38. The monoisotopic (exact) mass is 301 g/mol. The molecule has 0 unspecified atom stereocenters. The zero-order valence-electron chi connectivity index (χ0n) is 11.4. The Kier molecular flexibility index (Phi) is 4.90. The van der Waals surface area contributed by atoms with Crippen LogP contribution in [0.1, 0.15) is 12.6 Å². The maximum atomic E-state index is 11.7. The second-order valence-corrected chi connectivity index (χ2v) is 6.98. The zero-order valence-corrected chi connectivity index (χ0v) is 12.2. The largest absolute Gasteiger partial charge is 0.395 e. The van der Waals surface area contributed by atoms with E-state index in [0.717, 1.165) is 6.54 Å². The maximum absolute atomic E-state index is 11.7. The van der Waals surface area contributed by atoms with Crippen LogP contribution in [0.2, 0.25) is 0 Å². The van der Waals surface area contributed by atoms with Crippen LogP contribution in [0, 0.1) is 0 Å². The SMILES string of the molecule is C[C@H]1COCCN1c1cc(CS(=O)(=O)CCO)ncn1.